The van der Waals surface area contributed by atoms with Gasteiger partial charge in [-0.15, -0.1) is 23.7 Å². The molecule has 0 saturated carbocycles. The molecule has 0 aliphatic carbocycles. The van der Waals surface area contributed by atoms with E-state index in [4.69, 9.17) is 16.3 Å². The van der Waals surface area contributed by atoms with E-state index in [2.05, 4.69) is 9.88 Å². The van der Waals surface area contributed by atoms with Gasteiger partial charge in [-0.3, -0.25) is 14.6 Å². The number of amides is 1. The number of rotatable bonds is 6. The second-order valence-corrected chi connectivity index (χ2v) is 9.20. The molecule has 0 radical (unpaired) electrons. The van der Waals surface area contributed by atoms with Gasteiger partial charge in [0.15, 0.2) is 5.13 Å². The minimum Gasteiger partial charge on any atom is -0.379 e. The van der Waals surface area contributed by atoms with Gasteiger partial charge in [-0.2, -0.15) is 0 Å². The summed E-state index contributed by atoms with van der Waals surface area (Å²) in [5.74, 6) is -0.434. The fourth-order valence-electron chi connectivity index (χ4n) is 3.13. The van der Waals surface area contributed by atoms with E-state index >= 15 is 0 Å². The maximum atomic E-state index is 13.6. The molecule has 4 rings (SSSR count). The number of carbonyl (C=O) groups is 1. The van der Waals surface area contributed by atoms with E-state index in [1.54, 1.807) is 23.1 Å². The molecule has 1 fully saturated rings. The number of fused-ring (bicyclic) bond motifs is 1. The number of benzene rings is 1. The molecule has 0 atom stereocenters. The van der Waals surface area contributed by atoms with Gasteiger partial charge in [0.2, 0.25) is 0 Å². The fraction of sp³-hybridized carbons (Fsp3) is 0.368. The highest BCUT2D eigenvalue weighted by Gasteiger charge is 2.23. The van der Waals surface area contributed by atoms with Crippen LogP contribution in [-0.4, -0.2) is 55.2 Å². The van der Waals surface area contributed by atoms with Crippen LogP contribution in [0.5, 0.6) is 0 Å². The average Bonchev–Trinajstić information content (AvgIpc) is 3.31. The van der Waals surface area contributed by atoms with E-state index in [1.165, 1.54) is 34.8 Å². The second kappa shape index (κ2) is 10.1. The van der Waals surface area contributed by atoms with Crippen LogP contribution in [0.4, 0.5) is 9.52 Å². The Hall–Kier alpha value is -1.29. The van der Waals surface area contributed by atoms with Crippen molar-refractivity contribution in [1.29, 1.82) is 0 Å². The van der Waals surface area contributed by atoms with Crippen LogP contribution < -0.4 is 4.90 Å². The molecule has 3 heterocycles. The summed E-state index contributed by atoms with van der Waals surface area (Å²) in [4.78, 5) is 22.3. The summed E-state index contributed by atoms with van der Waals surface area (Å²) >= 11 is 8.60. The Balaban J connectivity index is 0.00000240. The molecule has 1 aliphatic rings. The first-order valence-electron chi connectivity index (χ1n) is 9.03. The maximum Gasteiger partial charge on any atom is 0.270 e. The summed E-state index contributed by atoms with van der Waals surface area (Å²) in [5, 5.41) is 0.581. The van der Waals surface area contributed by atoms with Gasteiger partial charge < -0.3 is 4.74 Å². The number of thiophene rings is 1. The van der Waals surface area contributed by atoms with Crippen LogP contribution in [0.3, 0.4) is 0 Å². The Bertz CT molecular complexity index is 975. The first kappa shape index (κ1) is 22.4. The monoisotopic (exact) mass is 475 g/mol. The molecule has 29 heavy (non-hydrogen) atoms. The SMILES string of the molecule is Cl.O=C(c1ccc(Cl)s1)N(CCCN1CCOCC1)c1nc2ccc(F)cc2s1. The molecule has 0 spiro atoms. The maximum absolute atomic E-state index is 13.6. The van der Waals surface area contributed by atoms with Gasteiger partial charge in [0.05, 0.1) is 32.6 Å². The Morgan fingerprint density at radius 1 is 1.24 bits per heavy atom. The molecule has 2 aromatic heterocycles. The summed E-state index contributed by atoms with van der Waals surface area (Å²) in [6.07, 6.45) is 0.815. The van der Waals surface area contributed by atoms with Gasteiger partial charge in [0.1, 0.15) is 5.82 Å². The molecule has 10 heteroatoms. The van der Waals surface area contributed by atoms with E-state index in [9.17, 15) is 9.18 Å². The molecule has 1 aliphatic heterocycles. The second-order valence-electron chi connectivity index (χ2n) is 6.48. The first-order chi connectivity index (χ1) is 13.6. The van der Waals surface area contributed by atoms with Crippen molar-refractivity contribution in [2.75, 3.05) is 44.3 Å². The van der Waals surface area contributed by atoms with Crippen molar-refractivity contribution >= 4 is 67.9 Å². The van der Waals surface area contributed by atoms with Crippen LogP contribution in [0, 0.1) is 5.82 Å². The largest absolute Gasteiger partial charge is 0.379 e. The third-order valence-electron chi connectivity index (χ3n) is 4.56. The van der Waals surface area contributed by atoms with E-state index in [0.717, 1.165) is 44.0 Å². The first-order valence-corrected chi connectivity index (χ1v) is 11.0. The zero-order chi connectivity index (χ0) is 19.5. The average molecular weight is 476 g/mol. The number of hydrogen-bond acceptors (Lipinski definition) is 6. The van der Waals surface area contributed by atoms with Gasteiger partial charge >= 0.3 is 0 Å². The number of carbonyl (C=O) groups excluding carboxylic acids is 1. The summed E-state index contributed by atoms with van der Waals surface area (Å²) in [7, 11) is 0. The number of hydrogen-bond donors (Lipinski definition) is 0. The number of morpholine rings is 1. The number of aromatic nitrogens is 1. The number of nitrogens with zero attached hydrogens (tertiary/aromatic N) is 3. The zero-order valence-electron chi connectivity index (χ0n) is 15.5. The van der Waals surface area contributed by atoms with Crippen molar-refractivity contribution in [2.24, 2.45) is 0 Å². The van der Waals surface area contributed by atoms with Gasteiger partial charge in [0, 0.05) is 26.2 Å². The van der Waals surface area contributed by atoms with Gasteiger partial charge in [-0.05, 0) is 36.8 Å². The highest BCUT2D eigenvalue weighted by atomic mass is 35.5. The third-order valence-corrected chi connectivity index (χ3v) is 6.82. The van der Waals surface area contributed by atoms with Crippen LogP contribution in [-0.2, 0) is 4.74 Å². The normalized spacial score (nSPS) is 14.7. The number of thiazole rings is 1. The highest BCUT2D eigenvalue weighted by Crippen LogP contribution is 2.32. The van der Waals surface area contributed by atoms with Crippen LogP contribution in [0.1, 0.15) is 16.1 Å². The molecule has 0 N–H and O–H groups in total. The molecule has 0 bridgehead atoms. The minimum atomic E-state index is -0.307. The van der Waals surface area contributed by atoms with Crippen molar-refractivity contribution in [2.45, 2.75) is 6.42 Å². The Morgan fingerprint density at radius 2 is 2.03 bits per heavy atom. The third kappa shape index (κ3) is 5.45. The minimum absolute atomic E-state index is 0. The lowest BCUT2D eigenvalue weighted by Crippen LogP contribution is -2.39. The summed E-state index contributed by atoms with van der Waals surface area (Å²) in [5.41, 5.74) is 0.691. The number of ether oxygens (including phenoxy) is 1. The van der Waals surface area contributed by atoms with Crippen LogP contribution in [0.25, 0.3) is 10.2 Å². The lowest BCUT2D eigenvalue weighted by atomic mass is 10.3. The summed E-state index contributed by atoms with van der Waals surface area (Å²) < 4.78 is 20.2. The van der Waals surface area contributed by atoms with Crippen molar-refractivity contribution in [3.05, 3.63) is 45.4 Å². The van der Waals surface area contributed by atoms with E-state index in [-0.39, 0.29) is 24.1 Å². The molecule has 0 unspecified atom stereocenters. The Labute approximate surface area is 187 Å². The molecule has 1 saturated heterocycles. The van der Waals surface area contributed by atoms with Gasteiger partial charge in [-0.25, -0.2) is 9.37 Å². The summed E-state index contributed by atoms with van der Waals surface area (Å²) in [6, 6.07) is 7.93. The van der Waals surface area contributed by atoms with Crippen LogP contribution >= 0.6 is 46.7 Å². The van der Waals surface area contributed by atoms with Crippen molar-refractivity contribution in [1.82, 2.24) is 9.88 Å². The molecule has 5 nitrogen and oxygen atoms in total. The molecular formula is C19H20Cl2FN3O2S2. The fourth-order valence-corrected chi connectivity index (χ4v) is 5.13. The standard InChI is InChI=1S/C19H19ClFN3O2S2.ClH/c20-17-5-4-15(27-17)18(25)24(7-1-6-23-8-10-26-11-9-23)19-22-14-3-2-13(21)12-16(14)28-19;/h2-5,12H,1,6-11H2;1H. The zero-order valence-corrected chi connectivity index (χ0v) is 18.7. The van der Waals surface area contributed by atoms with Crippen LogP contribution in [0.2, 0.25) is 4.34 Å². The van der Waals surface area contributed by atoms with Gasteiger partial charge in [0.25, 0.3) is 5.91 Å². The van der Waals surface area contributed by atoms with E-state index in [1.807, 2.05) is 0 Å². The number of halogens is 3. The van der Waals surface area contributed by atoms with E-state index < -0.39 is 0 Å². The van der Waals surface area contributed by atoms with Crippen molar-refractivity contribution < 1.29 is 13.9 Å². The lowest BCUT2D eigenvalue weighted by molar-refractivity contribution is 0.0376. The van der Waals surface area contributed by atoms with Gasteiger partial charge in [-0.1, -0.05) is 22.9 Å². The Kier molecular flexibility index (Phi) is 7.84. The predicted octanol–water partition coefficient (Wildman–Crippen LogP) is 4.94. The molecule has 156 valence electrons. The number of anilines is 1. The van der Waals surface area contributed by atoms with Crippen molar-refractivity contribution in [3.63, 3.8) is 0 Å². The lowest BCUT2D eigenvalue weighted by Gasteiger charge is -2.27. The molecule has 1 amide bonds. The topological polar surface area (TPSA) is 45.7 Å². The predicted molar refractivity (Wildman–Crippen MR) is 120 cm³/mol. The van der Waals surface area contributed by atoms with Crippen LogP contribution in [0.15, 0.2) is 30.3 Å². The molecule has 3 aromatic rings. The van der Waals surface area contributed by atoms with E-state index in [0.29, 0.717) is 26.4 Å². The Morgan fingerprint density at radius 3 is 2.76 bits per heavy atom. The smallest absolute Gasteiger partial charge is 0.270 e. The highest BCUT2D eigenvalue weighted by molar-refractivity contribution is 7.22. The van der Waals surface area contributed by atoms with Crippen molar-refractivity contribution in [3.8, 4) is 0 Å². The summed E-state index contributed by atoms with van der Waals surface area (Å²) in [6.45, 7) is 4.75. The quantitative estimate of drug-likeness (QED) is 0.506. The molecule has 1 aromatic carbocycles. The molecular weight excluding hydrogens is 456 g/mol.